The van der Waals surface area contributed by atoms with Crippen molar-refractivity contribution in [2.75, 3.05) is 0 Å². The molecule has 0 spiro atoms. The molecule has 2 aromatic rings. The van der Waals surface area contributed by atoms with E-state index >= 15 is 0 Å². The molecular formula is C14H11N3O5. The minimum atomic E-state index is -0.684. The Hall–Kier alpha value is -3.42. The first-order valence-corrected chi connectivity index (χ1v) is 6.11. The third-order valence-electron chi connectivity index (χ3n) is 2.74. The molecule has 0 heterocycles. The van der Waals surface area contributed by atoms with Gasteiger partial charge in [-0.1, -0.05) is 6.07 Å². The Labute approximate surface area is 124 Å². The number of hydrogen-bond acceptors (Lipinski definition) is 5. The summed E-state index contributed by atoms with van der Waals surface area (Å²) in [7, 11) is 0. The molecule has 0 unspecified atom stereocenters. The molecule has 0 saturated heterocycles. The van der Waals surface area contributed by atoms with Crippen molar-refractivity contribution in [3.05, 3.63) is 69.8 Å². The maximum absolute atomic E-state index is 11.8. The lowest BCUT2D eigenvalue weighted by Crippen LogP contribution is -2.41. The van der Waals surface area contributed by atoms with Gasteiger partial charge >= 0.3 is 0 Å². The van der Waals surface area contributed by atoms with Crippen molar-refractivity contribution in [2.24, 2.45) is 0 Å². The van der Waals surface area contributed by atoms with Crippen LogP contribution in [0.3, 0.4) is 0 Å². The fraction of sp³-hybridized carbons (Fsp3) is 0. The second-order valence-electron chi connectivity index (χ2n) is 4.26. The summed E-state index contributed by atoms with van der Waals surface area (Å²) >= 11 is 0. The largest absolute Gasteiger partial charge is 0.508 e. The average Bonchev–Trinajstić information content (AvgIpc) is 2.53. The molecule has 22 heavy (non-hydrogen) atoms. The van der Waals surface area contributed by atoms with Crippen LogP contribution in [0, 0.1) is 10.1 Å². The molecule has 2 amide bonds. The summed E-state index contributed by atoms with van der Waals surface area (Å²) in [5, 5.41) is 19.8. The Morgan fingerprint density at radius 2 is 1.55 bits per heavy atom. The third kappa shape index (κ3) is 3.57. The Balaban J connectivity index is 2.00. The maximum atomic E-state index is 11.8. The van der Waals surface area contributed by atoms with Crippen LogP contribution in [0.5, 0.6) is 5.75 Å². The summed E-state index contributed by atoms with van der Waals surface area (Å²) < 4.78 is 0. The van der Waals surface area contributed by atoms with E-state index in [1.54, 1.807) is 0 Å². The van der Waals surface area contributed by atoms with E-state index in [4.69, 9.17) is 5.11 Å². The number of hydrazine groups is 1. The molecule has 2 aromatic carbocycles. The van der Waals surface area contributed by atoms with Gasteiger partial charge in [0.1, 0.15) is 5.75 Å². The molecule has 8 heteroatoms. The number of nitro groups is 1. The van der Waals surface area contributed by atoms with Gasteiger partial charge in [-0.3, -0.25) is 30.6 Å². The van der Waals surface area contributed by atoms with Crippen molar-refractivity contribution >= 4 is 17.5 Å². The van der Waals surface area contributed by atoms with E-state index in [-0.39, 0.29) is 22.6 Å². The summed E-state index contributed by atoms with van der Waals surface area (Å²) in [6.45, 7) is 0. The van der Waals surface area contributed by atoms with Crippen LogP contribution in [0.4, 0.5) is 5.69 Å². The first kappa shape index (κ1) is 15.0. The number of hydrogen-bond donors (Lipinski definition) is 3. The number of aromatic hydroxyl groups is 1. The van der Waals surface area contributed by atoms with Gasteiger partial charge in [0.05, 0.1) is 4.92 Å². The van der Waals surface area contributed by atoms with Crippen molar-refractivity contribution < 1.29 is 19.6 Å². The van der Waals surface area contributed by atoms with Crippen molar-refractivity contribution in [3.63, 3.8) is 0 Å². The molecule has 0 atom stereocenters. The molecule has 0 fully saturated rings. The first-order chi connectivity index (χ1) is 10.5. The summed E-state index contributed by atoms with van der Waals surface area (Å²) in [5.74, 6) is -1.26. The standard InChI is InChI=1S/C14H11N3O5/c18-12-6-4-9(5-7-12)13(19)15-16-14(20)10-2-1-3-11(8-10)17(21)22/h1-8,18H,(H,15,19)(H,16,20). The molecule has 0 aliphatic rings. The summed E-state index contributed by atoms with van der Waals surface area (Å²) in [6.07, 6.45) is 0. The van der Waals surface area contributed by atoms with Gasteiger partial charge in [-0.15, -0.1) is 0 Å². The van der Waals surface area contributed by atoms with Gasteiger partial charge in [0.15, 0.2) is 0 Å². The Kier molecular flexibility index (Phi) is 4.33. The predicted octanol–water partition coefficient (Wildman–Crippen LogP) is 1.38. The normalized spacial score (nSPS) is 9.82. The second kappa shape index (κ2) is 6.35. The van der Waals surface area contributed by atoms with E-state index in [2.05, 4.69) is 10.9 Å². The zero-order valence-electron chi connectivity index (χ0n) is 11.1. The fourth-order valence-corrected chi connectivity index (χ4v) is 1.63. The van der Waals surface area contributed by atoms with Crippen LogP contribution >= 0.6 is 0 Å². The molecule has 0 aliphatic carbocycles. The average molecular weight is 301 g/mol. The molecule has 0 aromatic heterocycles. The lowest BCUT2D eigenvalue weighted by molar-refractivity contribution is -0.384. The monoisotopic (exact) mass is 301 g/mol. The zero-order valence-corrected chi connectivity index (χ0v) is 11.1. The van der Waals surface area contributed by atoms with Crippen molar-refractivity contribution in [1.82, 2.24) is 10.9 Å². The number of phenolic OH excluding ortho intramolecular Hbond substituents is 1. The Morgan fingerprint density at radius 1 is 0.955 bits per heavy atom. The highest BCUT2D eigenvalue weighted by molar-refractivity contribution is 5.99. The van der Waals surface area contributed by atoms with E-state index in [0.29, 0.717) is 0 Å². The predicted molar refractivity (Wildman–Crippen MR) is 76.1 cm³/mol. The number of nitrogens with zero attached hydrogens (tertiary/aromatic N) is 1. The molecule has 8 nitrogen and oxygen atoms in total. The molecule has 2 rings (SSSR count). The van der Waals surface area contributed by atoms with Crippen LogP contribution in [0.2, 0.25) is 0 Å². The van der Waals surface area contributed by atoms with Crippen LogP contribution in [-0.2, 0) is 0 Å². The highest BCUT2D eigenvalue weighted by Crippen LogP contribution is 2.13. The van der Waals surface area contributed by atoms with Gasteiger partial charge in [-0.2, -0.15) is 0 Å². The maximum Gasteiger partial charge on any atom is 0.270 e. The van der Waals surface area contributed by atoms with E-state index in [1.165, 1.54) is 42.5 Å². The van der Waals surface area contributed by atoms with Crippen molar-refractivity contribution in [3.8, 4) is 5.75 Å². The molecule has 112 valence electrons. The number of non-ortho nitro benzene ring substituents is 1. The van der Waals surface area contributed by atoms with Crippen LogP contribution in [0.15, 0.2) is 48.5 Å². The number of nitrogens with one attached hydrogen (secondary N) is 2. The third-order valence-corrected chi connectivity index (χ3v) is 2.74. The zero-order chi connectivity index (χ0) is 16.1. The SMILES string of the molecule is O=C(NNC(=O)c1cccc([N+](=O)[O-])c1)c1ccc(O)cc1. The minimum absolute atomic E-state index is 0.0113. The number of nitro benzene ring substituents is 1. The number of amides is 2. The van der Waals surface area contributed by atoms with Crippen LogP contribution in [0.25, 0.3) is 0 Å². The number of rotatable bonds is 3. The molecular weight excluding hydrogens is 290 g/mol. The number of carbonyl (C=O) groups is 2. The van der Waals surface area contributed by atoms with Gasteiger partial charge < -0.3 is 5.11 Å². The highest BCUT2D eigenvalue weighted by Gasteiger charge is 2.12. The van der Waals surface area contributed by atoms with E-state index in [9.17, 15) is 19.7 Å². The van der Waals surface area contributed by atoms with Gasteiger partial charge in [-0.05, 0) is 30.3 Å². The van der Waals surface area contributed by atoms with E-state index in [0.717, 1.165) is 6.07 Å². The lowest BCUT2D eigenvalue weighted by Gasteiger charge is -2.07. The molecule has 0 aliphatic heterocycles. The summed E-state index contributed by atoms with van der Waals surface area (Å²) in [6, 6.07) is 10.5. The van der Waals surface area contributed by atoms with Crippen LogP contribution in [-0.4, -0.2) is 21.8 Å². The van der Waals surface area contributed by atoms with Gasteiger partial charge in [0.25, 0.3) is 17.5 Å². The van der Waals surface area contributed by atoms with Crippen molar-refractivity contribution in [1.29, 1.82) is 0 Å². The van der Waals surface area contributed by atoms with Crippen molar-refractivity contribution in [2.45, 2.75) is 0 Å². The van der Waals surface area contributed by atoms with Gasteiger partial charge in [0.2, 0.25) is 0 Å². The first-order valence-electron chi connectivity index (χ1n) is 6.11. The molecule has 0 saturated carbocycles. The van der Waals surface area contributed by atoms with Crippen LogP contribution < -0.4 is 10.9 Å². The number of benzene rings is 2. The number of phenols is 1. The minimum Gasteiger partial charge on any atom is -0.508 e. The molecule has 0 bridgehead atoms. The smallest absolute Gasteiger partial charge is 0.270 e. The molecule has 3 N–H and O–H groups in total. The van der Waals surface area contributed by atoms with Crippen LogP contribution in [0.1, 0.15) is 20.7 Å². The Morgan fingerprint density at radius 3 is 2.14 bits per heavy atom. The second-order valence-corrected chi connectivity index (χ2v) is 4.26. The quantitative estimate of drug-likeness (QED) is 0.584. The number of carbonyl (C=O) groups excluding carboxylic acids is 2. The van der Waals surface area contributed by atoms with Gasteiger partial charge in [0, 0.05) is 23.3 Å². The lowest BCUT2D eigenvalue weighted by atomic mass is 10.2. The molecule has 0 radical (unpaired) electrons. The summed E-state index contributed by atoms with van der Waals surface area (Å²) in [4.78, 5) is 33.6. The summed E-state index contributed by atoms with van der Waals surface area (Å²) in [5.41, 5.74) is 4.38. The van der Waals surface area contributed by atoms with Gasteiger partial charge in [-0.25, -0.2) is 0 Å². The van der Waals surface area contributed by atoms with E-state index < -0.39 is 16.7 Å². The highest BCUT2D eigenvalue weighted by atomic mass is 16.6. The topological polar surface area (TPSA) is 122 Å². The fourth-order valence-electron chi connectivity index (χ4n) is 1.63. The van der Waals surface area contributed by atoms with E-state index in [1.807, 2.05) is 0 Å². The Bertz CT molecular complexity index is 728.